The molecule has 2 rings (SSSR count). The van der Waals surface area contributed by atoms with Crippen LogP contribution in [-0.2, 0) is 4.84 Å². The molecule has 0 aliphatic rings. The van der Waals surface area contributed by atoms with Gasteiger partial charge < -0.3 is 16.2 Å². The zero-order valence-electron chi connectivity index (χ0n) is 11.0. The van der Waals surface area contributed by atoms with Gasteiger partial charge in [0, 0.05) is 10.6 Å². The number of thiophene rings is 1. The second kappa shape index (κ2) is 6.25. The highest BCUT2D eigenvalue weighted by Gasteiger charge is 2.13. The number of hydrogen-bond acceptors (Lipinski definition) is 5. The number of rotatable bonds is 4. The Hall–Kier alpha value is -2.58. The highest BCUT2D eigenvalue weighted by molar-refractivity contribution is 7.19. The van der Waals surface area contributed by atoms with Gasteiger partial charge in [0.25, 0.3) is 0 Å². The first-order valence-electron chi connectivity index (χ1n) is 5.84. The first kappa shape index (κ1) is 14.8. The maximum atomic E-state index is 11.3. The molecular formula is C13H13N3O4S. The lowest BCUT2D eigenvalue weighted by Crippen LogP contribution is -2.27. The fourth-order valence-corrected chi connectivity index (χ4v) is 2.61. The van der Waals surface area contributed by atoms with Crippen molar-refractivity contribution in [2.75, 3.05) is 18.2 Å². The van der Waals surface area contributed by atoms with E-state index in [2.05, 4.69) is 15.6 Å². The standard InChI is InChI=1S/C13H13N3O4S/c1-20-16-13(19)15-8-4-2-7(3-5-8)10-6-9(12(17)18)11(14)21-10/h2-6H,14H2,1H3,(H,17,18)(H2,15,16,19). The minimum Gasteiger partial charge on any atom is -0.478 e. The van der Waals surface area contributed by atoms with Crippen molar-refractivity contribution in [3.8, 4) is 10.4 Å². The van der Waals surface area contributed by atoms with Crippen molar-refractivity contribution in [2.45, 2.75) is 0 Å². The van der Waals surface area contributed by atoms with Gasteiger partial charge in [-0.05, 0) is 23.8 Å². The largest absolute Gasteiger partial charge is 0.478 e. The van der Waals surface area contributed by atoms with E-state index < -0.39 is 12.0 Å². The lowest BCUT2D eigenvalue weighted by Gasteiger charge is -2.06. The first-order chi connectivity index (χ1) is 10.0. The fourth-order valence-electron chi connectivity index (χ4n) is 1.68. The third-order valence-electron chi connectivity index (χ3n) is 2.61. The summed E-state index contributed by atoms with van der Waals surface area (Å²) < 4.78 is 0. The van der Waals surface area contributed by atoms with Gasteiger partial charge in [-0.15, -0.1) is 11.3 Å². The van der Waals surface area contributed by atoms with Gasteiger partial charge >= 0.3 is 12.0 Å². The summed E-state index contributed by atoms with van der Waals surface area (Å²) in [6.07, 6.45) is 0. The molecule has 0 radical (unpaired) electrons. The Morgan fingerprint density at radius 3 is 2.48 bits per heavy atom. The number of urea groups is 1. The molecule has 0 saturated heterocycles. The lowest BCUT2D eigenvalue weighted by atomic mass is 10.1. The number of nitrogens with one attached hydrogen (secondary N) is 2. The molecule has 21 heavy (non-hydrogen) atoms. The number of nitrogens with two attached hydrogens (primary N) is 1. The first-order valence-corrected chi connectivity index (χ1v) is 6.66. The van der Waals surface area contributed by atoms with Crippen LogP contribution in [0, 0.1) is 0 Å². The van der Waals surface area contributed by atoms with Crippen molar-refractivity contribution in [1.82, 2.24) is 5.48 Å². The van der Waals surface area contributed by atoms with Crippen LogP contribution >= 0.6 is 11.3 Å². The van der Waals surface area contributed by atoms with Gasteiger partial charge in [0.15, 0.2) is 0 Å². The van der Waals surface area contributed by atoms with Gasteiger partial charge in [-0.1, -0.05) is 12.1 Å². The van der Waals surface area contributed by atoms with Gasteiger partial charge in [-0.3, -0.25) is 4.84 Å². The summed E-state index contributed by atoms with van der Waals surface area (Å²) in [6.45, 7) is 0. The molecule has 0 bridgehead atoms. The van der Waals surface area contributed by atoms with Crippen LogP contribution < -0.4 is 16.5 Å². The van der Waals surface area contributed by atoms with Crippen LogP contribution in [-0.4, -0.2) is 24.2 Å². The second-order valence-corrected chi connectivity index (χ2v) is 5.12. The van der Waals surface area contributed by atoms with E-state index >= 15 is 0 Å². The number of benzene rings is 1. The Morgan fingerprint density at radius 1 is 1.29 bits per heavy atom. The number of carboxylic acid groups (broad SMARTS) is 1. The Kier molecular flexibility index (Phi) is 4.41. The second-order valence-electron chi connectivity index (χ2n) is 4.03. The molecule has 7 nitrogen and oxygen atoms in total. The average molecular weight is 307 g/mol. The third-order valence-corrected chi connectivity index (χ3v) is 3.63. The van der Waals surface area contributed by atoms with Gasteiger partial charge in [0.2, 0.25) is 0 Å². The van der Waals surface area contributed by atoms with Crippen LogP contribution in [0.3, 0.4) is 0 Å². The van der Waals surface area contributed by atoms with Crippen molar-refractivity contribution < 1.29 is 19.5 Å². The zero-order chi connectivity index (χ0) is 15.4. The summed E-state index contributed by atoms with van der Waals surface area (Å²) >= 11 is 1.20. The number of carbonyl (C=O) groups excluding carboxylic acids is 1. The van der Waals surface area contributed by atoms with Crippen molar-refractivity contribution >= 4 is 34.0 Å². The summed E-state index contributed by atoms with van der Waals surface area (Å²) in [4.78, 5) is 27.5. The Morgan fingerprint density at radius 2 is 1.95 bits per heavy atom. The number of anilines is 2. The highest BCUT2D eigenvalue weighted by atomic mass is 32.1. The zero-order valence-corrected chi connectivity index (χ0v) is 11.9. The minimum atomic E-state index is -1.05. The summed E-state index contributed by atoms with van der Waals surface area (Å²) in [5.41, 5.74) is 9.29. The van der Waals surface area contributed by atoms with Gasteiger partial charge in [0.1, 0.15) is 5.00 Å². The number of carbonyl (C=O) groups is 2. The van der Waals surface area contributed by atoms with E-state index in [4.69, 9.17) is 10.8 Å². The normalized spacial score (nSPS) is 10.1. The van der Waals surface area contributed by atoms with E-state index in [0.717, 1.165) is 10.4 Å². The van der Waals surface area contributed by atoms with E-state index in [1.165, 1.54) is 24.5 Å². The lowest BCUT2D eigenvalue weighted by molar-refractivity contribution is 0.0698. The van der Waals surface area contributed by atoms with Crippen LogP contribution in [0.5, 0.6) is 0 Å². The molecule has 5 N–H and O–H groups in total. The van der Waals surface area contributed by atoms with E-state index in [0.29, 0.717) is 5.69 Å². The molecule has 0 atom stereocenters. The number of hydrogen-bond donors (Lipinski definition) is 4. The minimum absolute atomic E-state index is 0.0941. The van der Waals surface area contributed by atoms with Gasteiger partial charge in [0.05, 0.1) is 12.7 Å². The monoisotopic (exact) mass is 307 g/mol. The quantitative estimate of drug-likeness (QED) is 0.648. The number of hydroxylamine groups is 1. The van der Waals surface area contributed by atoms with Crippen molar-refractivity contribution in [3.05, 3.63) is 35.9 Å². The molecule has 0 fully saturated rings. The van der Waals surface area contributed by atoms with E-state index in [1.54, 1.807) is 24.3 Å². The van der Waals surface area contributed by atoms with Crippen LogP contribution in [0.1, 0.15) is 10.4 Å². The van der Waals surface area contributed by atoms with Crippen molar-refractivity contribution in [3.63, 3.8) is 0 Å². The summed E-state index contributed by atoms with van der Waals surface area (Å²) in [6, 6.07) is 7.96. The fraction of sp³-hybridized carbons (Fsp3) is 0.0769. The smallest absolute Gasteiger partial charge is 0.343 e. The molecule has 0 unspecified atom stereocenters. The molecular weight excluding hydrogens is 294 g/mol. The maximum Gasteiger partial charge on any atom is 0.343 e. The summed E-state index contributed by atoms with van der Waals surface area (Å²) in [5, 5.41) is 11.8. The van der Waals surface area contributed by atoms with Crippen LogP contribution in [0.15, 0.2) is 30.3 Å². The molecule has 1 heterocycles. The van der Waals surface area contributed by atoms with E-state index in [9.17, 15) is 9.59 Å². The molecule has 110 valence electrons. The SMILES string of the molecule is CONC(=O)Nc1ccc(-c2cc(C(=O)O)c(N)s2)cc1. The van der Waals surface area contributed by atoms with Gasteiger partial charge in [-0.2, -0.15) is 0 Å². The molecule has 2 amide bonds. The molecule has 1 aromatic heterocycles. The van der Waals surface area contributed by atoms with Crippen LogP contribution in [0.25, 0.3) is 10.4 Å². The number of nitrogen functional groups attached to an aromatic ring is 1. The Labute approximate surface area is 124 Å². The maximum absolute atomic E-state index is 11.3. The molecule has 1 aromatic carbocycles. The molecule has 2 aromatic rings. The number of amides is 2. The van der Waals surface area contributed by atoms with E-state index in [-0.39, 0.29) is 10.6 Å². The summed E-state index contributed by atoms with van der Waals surface area (Å²) in [5.74, 6) is -1.05. The average Bonchev–Trinajstić information content (AvgIpc) is 2.82. The Bertz CT molecular complexity index is 667. The predicted octanol–water partition coefficient (Wildman–Crippen LogP) is 2.38. The molecule has 8 heteroatoms. The van der Waals surface area contributed by atoms with Crippen LogP contribution in [0.4, 0.5) is 15.5 Å². The molecule has 0 aliphatic carbocycles. The topological polar surface area (TPSA) is 114 Å². The molecule has 0 saturated carbocycles. The Balaban J connectivity index is 2.17. The summed E-state index contributed by atoms with van der Waals surface area (Å²) in [7, 11) is 1.34. The third kappa shape index (κ3) is 3.50. The number of aromatic carboxylic acids is 1. The van der Waals surface area contributed by atoms with Crippen LogP contribution in [0.2, 0.25) is 0 Å². The van der Waals surface area contributed by atoms with Crippen molar-refractivity contribution in [1.29, 1.82) is 0 Å². The van der Waals surface area contributed by atoms with Gasteiger partial charge in [-0.25, -0.2) is 15.1 Å². The number of carboxylic acids is 1. The van der Waals surface area contributed by atoms with Crippen molar-refractivity contribution in [2.24, 2.45) is 0 Å². The highest BCUT2D eigenvalue weighted by Crippen LogP contribution is 2.33. The molecule has 0 aliphatic heterocycles. The van der Waals surface area contributed by atoms with E-state index in [1.807, 2.05) is 0 Å². The predicted molar refractivity (Wildman–Crippen MR) is 80.3 cm³/mol. The molecule has 0 spiro atoms.